The lowest BCUT2D eigenvalue weighted by Gasteiger charge is -2.00. The first-order valence-electron chi connectivity index (χ1n) is 9.10. The fourth-order valence-corrected chi connectivity index (χ4v) is 3.84. The molecule has 2 aromatic heterocycles. The first-order chi connectivity index (χ1) is 14.9. The van der Waals surface area contributed by atoms with Crippen LogP contribution in [-0.2, 0) is 4.79 Å². The first kappa shape index (κ1) is 22.2. The Kier molecular flexibility index (Phi) is 7.17. The zero-order chi connectivity index (χ0) is 22.4. The van der Waals surface area contributed by atoms with E-state index < -0.39 is 10.8 Å². The van der Waals surface area contributed by atoms with Gasteiger partial charge >= 0.3 is 0 Å². The van der Waals surface area contributed by atoms with Gasteiger partial charge in [0.05, 0.1) is 4.92 Å². The van der Waals surface area contributed by atoms with E-state index in [2.05, 4.69) is 28.5 Å². The molecule has 0 radical (unpaired) electrons. The third-order valence-corrected chi connectivity index (χ3v) is 5.83. The number of furan rings is 1. The predicted octanol–water partition coefficient (Wildman–Crippen LogP) is 5.00. The van der Waals surface area contributed by atoms with Gasteiger partial charge in [0.25, 0.3) is 11.6 Å². The summed E-state index contributed by atoms with van der Waals surface area (Å²) in [7, 11) is 0. The lowest BCUT2D eigenvalue weighted by Crippen LogP contribution is -2.13. The van der Waals surface area contributed by atoms with E-state index >= 15 is 0 Å². The smallest absolute Gasteiger partial charge is 0.269 e. The number of anilines is 1. The van der Waals surface area contributed by atoms with Crippen LogP contribution in [0.2, 0.25) is 0 Å². The normalized spacial score (nSPS) is 11.4. The molecule has 158 valence electrons. The van der Waals surface area contributed by atoms with Crippen molar-refractivity contribution < 1.29 is 14.1 Å². The number of hydrogen-bond acceptors (Lipinski definition) is 9. The number of nitrogens with one attached hydrogen (secondary N) is 1. The molecule has 3 rings (SSSR count). The number of nitro benzene ring substituents is 1. The molecular weight excluding hydrogens is 438 g/mol. The van der Waals surface area contributed by atoms with E-state index in [9.17, 15) is 20.2 Å². The van der Waals surface area contributed by atoms with Gasteiger partial charge in [-0.2, -0.15) is 14.6 Å². The van der Waals surface area contributed by atoms with E-state index in [-0.39, 0.29) is 11.3 Å². The lowest BCUT2D eigenvalue weighted by molar-refractivity contribution is -0.384. The second kappa shape index (κ2) is 10.0. The van der Waals surface area contributed by atoms with E-state index in [0.717, 1.165) is 17.3 Å². The molecule has 31 heavy (non-hydrogen) atoms. The van der Waals surface area contributed by atoms with E-state index in [1.165, 1.54) is 30.0 Å². The van der Waals surface area contributed by atoms with Crippen molar-refractivity contribution in [1.29, 1.82) is 5.26 Å². The number of amides is 1. The highest BCUT2D eigenvalue weighted by molar-refractivity contribution is 7.99. The van der Waals surface area contributed by atoms with Crippen LogP contribution >= 0.6 is 23.3 Å². The Morgan fingerprint density at radius 1 is 1.35 bits per heavy atom. The van der Waals surface area contributed by atoms with Crippen LogP contribution in [0.5, 0.6) is 0 Å². The molecule has 1 aromatic carbocycles. The summed E-state index contributed by atoms with van der Waals surface area (Å²) in [6, 6.07) is 11.0. The van der Waals surface area contributed by atoms with Crippen LogP contribution < -0.4 is 5.32 Å². The molecule has 0 aliphatic rings. The standard InChI is InChI=1S/C20H17N5O4S2/c1-12(2)11-30-20-23-19(31-24-20)22-18(26)14(10-21)9-16-7-8-17(29-16)13-3-5-15(6-4-13)25(27)28/h3-9,12H,11H2,1-2H3,(H,22,23,24,26). The van der Waals surface area contributed by atoms with Gasteiger partial charge in [0.2, 0.25) is 10.3 Å². The number of aromatic nitrogens is 2. The van der Waals surface area contributed by atoms with Gasteiger partial charge < -0.3 is 4.42 Å². The molecule has 0 saturated carbocycles. The van der Waals surface area contributed by atoms with Crippen LogP contribution in [0.4, 0.5) is 10.8 Å². The molecule has 0 spiro atoms. The van der Waals surface area contributed by atoms with Crippen molar-refractivity contribution in [1.82, 2.24) is 9.36 Å². The van der Waals surface area contributed by atoms with Crippen LogP contribution in [0.1, 0.15) is 19.6 Å². The van der Waals surface area contributed by atoms with Crippen LogP contribution in [0.25, 0.3) is 17.4 Å². The van der Waals surface area contributed by atoms with Crippen molar-refractivity contribution in [3.63, 3.8) is 0 Å². The van der Waals surface area contributed by atoms with Gasteiger partial charge in [-0.3, -0.25) is 20.2 Å². The minimum Gasteiger partial charge on any atom is -0.457 e. The van der Waals surface area contributed by atoms with Gasteiger partial charge in [0.1, 0.15) is 23.2 Å². The molecule has 1 amide bonds. The zero-order valence-electron chi connectivity index (χ0n) is 16.6. The molecule has 0 aliphatic heterocycles. The molecule has 9 nitrogen and oxygen atoms in total. The summed E-state index contributed by atoms with van der Waals surface area (Å²) >= 11 is 2.55. The SMILES string of the molecule is CC(C)CSc1nsc(NC(=O)C(C#N)=Cc2ccc(-c3ccc([N+](=O)[O-])cc3)o2)n1. The summed E-state index contributed by atoms with van der Waals surface area (Å²) in [4.78, 5) is 26.9. The maximum atomic E-state index is 12.4. The number of carbonyl (C=O) groups excluding carboxylic acids is 1. The van der Waals surface area contributed by atoms with Crippen LogP contribution in [0.15, 0.2) is 51.5 Å². The third kappa shape index (κ3) is 6.00. The average molecular weight is 456 g/mol. The molecule has 0 fully saturated rings. The molecule has 2 heterocycles. The van der Waals surface area contributed by atoms with Gasteiger partial charge in [0, 0.05) is 41.1 Å². The van der Waals surface area contributed by atoms with Crippen LogP contribution in [-0.4, -0.2) is 25.9 Å². The maximum absolute atomic E-state index is 12.4. The van der Waals surface area contributed by atoms with E-state index in [1.807, 2.05) is 6.07 Å². The summed E-state index contributed by atoms with van der Waals surface area (Å²) in [6.07, 6.45) is 1.32. The van der Waals surface area contributed by atoms with Crippen molar-refractivity contribution in [2.24, 2.45) is 5.92 Å². The average Bonchev–Trinajstić information content (AvgIpc) is 3.40. The fourth-order valence-electron chi connectivity index (χ4n) is 2.35. The molecule has 0 aliphatic carbocycles. The second-order valence-electron chi connectivity index (χ2n) is 6.72. The second-order valence-corrected chi connectivity index (χ2v) is 8.46. The quantitative estimate of drug-likeness (QED) is 0.165. The Hall–Kier alpha value is -3.49. The molecule has 3 aromatic rings. The monoisotopic (exact) mass is 455 g/mol. The number of non-ortho nitro benzene ring substituents is 1. The number of hydrogen-bond donors (Lipinski definition) is 1. The molecule has 1 N–H and O–H groups in total. The van der Waals surface area contributed by atoms with Gasteiger partial charge in [-0.05, 0) is 30.2 Å². The number of rotatable bonds is 8. The van der Waals surface area contributed by atoms with E-state index in [4.69, 9.17) is 4.42 Å². The molecule has 0 unspecified atom stereocenters. The van der Waals surface area contributed by atoms with Crippen molar-refractivity contribution in [2.75, 3.05) is 11.1 Å². The summed E-state index contributed by atoms with van der Waals surface area (Å²) < 4.78 is 9.84. The number of nitriles is 1. The number of benzene rings is 1. The largest absolute Gasteiger partial charge is 0.457 e. The summed E-state index contributed by atoms with van der Waals surface area (Å²) in [5.41, 5.74) is 0.450. The van der Waals surface area contributed by atoms with Crippen LogP contribution in [0, 0.1) is 27.4 Å². The van der Waals surface area contributed by atoms with Gasteiger partial charge in [-0.1, -0.05) is 25.6 Å². The summed E-state index contributed by atoms with van der Waals surface area (Å²) in [6.45, 7) is 4.18. The third-order valence-electron chi connectivity index (χ3n) is 3.81. The maximum Gasteiger partial charge on any atom is 0.269 e. The molecule has 11 heteroatoms. The Balaban J connectivity index is 1.69. The molecule has 0 atom stereocenters. The fraction of sp³-hybridized carbons (Fsp3) is 0.200. The predicted molar refractivity (Wildman–Crippen MR) is 118 cm³/mol. The Morgan fingerprint density at radius 3 is 2.74 bits per heavy atom. The van der Waals surface area contributed by atoms with Gasteiger partial charge in [-0.25, -0.2) is 0 Å². The first-order valence-corrected chi connectivity index (χ1v) is 10.9. The summed E-state index contributed by atoms with van der Waals surface area (Å²) in [5, 5.41) is 23.6. The Labute approximate surface area is 186 Å². The van der Waals surface area contributed by atoms with Crippen molar-refractivity contribution >= 4 is 46.1 Å². The molecule has 0 bridgehead atoms. The molecular formula is C20H17N5O4S2. The van der Waals surface area contributed by atoms with Gasteiger partial charge in [0.15, 0.2) is 0 Å². The van der Waals surface area contributed by atoms with E-state index in [0.29, 0.717) is 33.3 Å². The number of thioether (sulfide) groups is 1. The minimum atomic E-state index is -0.618. The van der Waals surface area contributed by atoms with E-state index in [1.54, 1.807) is 24.3 Å². The van der Waals surface area contributed by atoms with Crippen molar-refractivity contribution in [3.05, 3.63) is 57.8 Å². The van der Waals surface area contributed by atoms with Crippen molar-refractivity contribution in [3.8, 4) is 17.4 Å². The topological polar surface area (TPSA) is 135 Å². The molecule has 0 saturated heterocycles. The number of nitro groups is 1. The van der Waals surface area contributed by atoms with Crippen LogP contribution in [0.3, 0.4) is 0 Å². The number of nitrogens with zero attached hydrogens (tertiary/aromatic N) is 4. The highest BCUT2D eigenvalue weighted by atomic mass is 32.2. The Bertz CT molecular complexity index is 1160. The highest BCUT2D eigenvalue weighted by Gasteiger charge is 2.15. The highest BCUT2D eigenvalue weighted by Crippen LogP contribution is 2.26. The zero-order valence-corrected chi connectivity index (χ0v) is 18.2. The lowest BCUT2D eigenvalue weighted by atomic mass is 10.1. The summed E-state index contributed by atoms with van der Waals surface area (Å²) in [5.74, 6) is 1.49. The van der Waals surface area contributed by atoms with Gasteiger partial charge in [-0.15, -0.1) is 0 Å². The van der Waals surface area contributed by atoms with Crippen molar-refractivity contribution in [2.45, 2.75) is 19.0 Å². The Morgan fingerprint density at radius 2 is 2.10 bits per heavy atom. The number of carbonyl (C=O) groups is 1. The minimum absolute atomic E-state index is 0.0266.